The summed E-state index contributed by atoms with van der Waals surface area (Å²) >= 11 is 1.40. The highest BCUT2D eigenvalue weighted by Crippen LogP contribution is 2.20. The SMILES string of the molecule is CC(=O)n1c(=O)c2cccn2c2ccsc21. The highest BCUT2D eigenvalue weighted by Gasteiger charge is 2.13. The van der Waals surface area contributed by atoms with Crippen molar-refractivity contribution in [3.63, 3.8) is 0 Å². The zero-order valence-corrected chi connectivity index (χ0v) is 9.32. The molecule has 16 heavy (non-hydrogen) atoms. The lowest BCUT2D eigenvalue weighted by molar-refractivity contribution is 0.0938. The Balaban J connectivity index is 2.72. The van der Waals surface area contributed by atoms with Crippen LogP contribution in [0.3, 0.4) is 0 Å². The van der Waals surface area contributed by atoms with E-state index in [1.54, 1.807) is 12.1 Å². The Bertz CT molecular complexity index is 763. The Morgan fingerprint density at radius 2 is 2.12 bits per heavy atom. The Hall–Kier alpha value is -1.88. The van der Waals surface area contributed by atoms with Crippen LogP contribution in [0.15, 0.2) is 34.6 Å². The van der Waals surface area contributed by atoms with Crippen LogP contribution in [0, 0.1) is 0 Å². The Labute approximate surface area is 94.4 Å². The van der Waals surface area contributed by atoms with Crippen LogP contribution < -0.4 is 5.56 Å². The maximum atomic E-state index is 12.1. The van der Waals surface area contributed by atoms with Crippen molar-refractivity contribution in [3.8, 4) is 0 Å². The normalized spacial score (nSPS) is 11.3. The molecule has 0 spiro atoms. The molecule has 0 radical (unpaired) electrons. The quantitative estimate of drug-likeness (QED) is 0.594. The molecule has 0 saturated heterocycles. The monoisotopic (exact) mass is 232 g/mol. The summed E-state index contributed by atoms with van der Waals surface area (Å²) in [4.78, 5) is 24.3. The van der Waals surface area contributed by atoms with Crippen LogP contribution in [-0.2, 0) is 0 Å². The van der Waals surface area contributed by atoms with Crippen molar-refractivity contribution in [2.75, 3.05) is 0 Å². The van der Waals surface area contributed by atoms with Crippen molar-refractivity contribution in [2.45, 2.75) is 6.92 Å². The number of nitrogens with zero attached hydrogens (tertiary/aromatic N) is 2. The number of rotatable bonds is 0. The van der Waals surface area contributed by atoms with E-state index in [1.165, 1.54) is 22.8 Å². The molecule has 3 heterocycles. The summed E-state index contributed by atoms with van der Waals surface area (Å²) in [5.74, 6) is -0.249. The molecule has 0 unspecified atom stereocenters. The van der Waals surface area contributed by atoms with Gasteiger partial charge in [-0.15, -0.1) is 11.3 Å². The second-order valence-electron chi connectivity index (χ2n) is 3.53. The van der Waals surface area contributed by atoms with Gasteiger partial charge in [0.2, 0.25) is 5.91 Å². The van der Waals surface area contributed by atoms with Gasteiger partial charge in [0.05, 0.1) is 5.52 Å². The topological polar surface area (TPSA) is 43.5 Å². The second-order valence-corrected chi connectivity index (χ2v) is 4.43. The van der Waals surface area contributed by atoms with Crippen molar-refractivity contribution < 1.29 is 4.79 Å². The fourth-order valence-corrected chi connectivity index (χ4v) is 2.83. The van der Waals surface area contributed by atoms with Crippen LogP contribution in [-0.4, -0.2) is 14.9 Å². The summed E-state index contributed by atoms with van der Waals surface area (Å²) in [5, 5.41) is 1.88. The molecule has 0 atom stereocenters. The van der Waals surface area contributed by atoms with Gasteiger partial charge < -0.3 is 4.40 Å². The molecule has 0 N–H and O–H groups in total. The second kappa shape index (κ2) is 3.05. The minimum atomic E-state index is -0.257. The summed E-state index contributed by atoms with van der Waals surface area (Å²) in [7, 11) is 0. The average Bonchev–Trinajstić information content (AvgIpc) is 2.82. The van der Waals surface area contributed by atoms with Crippen LogP contribution >= 0.6 is 11.3 Å². The summed E-state index contributed by atoms with van der Waals surface area (Å²) in [6.07, 6.45) is 1.83. The van der Waals surface area contributed by atoms with Crippen LogP contribution in [0.1, 0.15) is 11.7 Å². The molecular weight excluding hydrogens is 224 g/mol. The third-order valence-electron chi connectivity index (χ3n) is 2.57. The van der Waals surface area contributed by atoms with E-state index in [9.17, 15) is 9.59 Å². The van der Waals surface area contributed by atoms with E-state index >= 15 is 0 Å². The highest BCUT2D eigenvalue weighted by atomic mass is 32.1. The van der Waals surface area contributed by atoms with Gasteiger partial charge in [0, 0.05) is 13.1 Å². The molecule has 3 aromatic rings. The van der Waals surface area contributed by atoms with E-state index in [1.807, 2.05) is 22.0 Å². The van der Waals surface area contributed by atoms with Crippen molar-refractivity contribution in [1.82, 2.24) is 8.97 Å². The predicted octanol–water partition coefficient (Wildman–Crippen LogP) is 1.98. The molecule has 0 aliphatic rings. The number of aromatic nitrogens is 2. The smallest absolute Gasteiger partial charge is 0.282 e. The zero-order chi connectivity index (χ0) is 11.3. The van der Waals surface area contributed by atoms with E-state index in [0.717, 1.165) is 5.52 Å². The van der Waals surface area contributed by atoms with Gasteiger partial charge in [-0.05, 0) is 23.6 Å². The summed E-state index contributed by atoms with van der Waals surface area (Å²) < 4.78 is 3.04. The first-order valence-corrected chi connectivity index (χ1v) is 5.68. The molecule has 0 aliphatic heterocycles. The third kappa shape index (κ3) is 1.03. The molecule has 0 aliphatic carbocycles. The van der Waals surface area contributed by atoms with Crippen LogP contribution in [0.5, 0.6) is 0 Å². The fraction of sp³-hybridized carbons (Fsp3) is 0.0909. The molecule has 5 heteroatoms. The lowest BCUT2D eigenvalue weighted by Crippen LogP contribution is -2.25. The van der Waals surface area contributed by atoms with Gasteiger partial charge in [0.15, 0.2) is 0 Å². The zero-order valence-electron chi connectivity index (χ0n) is 8.51. The Morgan fingerprint density at radius 3 is 2.88 bits per heavy atom. The fourth-order valence-electron chi connectivity index (χ4n) is 1.90. The van der Waals surface area contributed by atoms with Crippen molar-refractivity contribution in [1.29, 1.82) is 0 Å². The van der Waals surface area contributed by atoms with Gasteiger partial charge in [-0.3, -0.25) is 9.59 Å². The summed E-state index contributed by atoms with van der Waals surface area (Å²) in [6.45, 7) is 1.40. The summed E-state index contributed by atoms with van der Waals surface area (Å²) in [5.41, 5.74) is 1.16. The number of fused-ring (bicyclic) bond motifs is 3. The van der Waals surface area contributed by atoms with E-state index < -0.39 is 0 Å². The van der Waals surface area contributed by atoms with Crippen LogP contribution in [0.25, 0.3) is 15.9 Å². The molecule has 4 nitrogen and oxygen atoms in total. The Kier molecular flexibility index (Phi) is 1.79. The number of carbonyl (C=O) groups is 1. The molecule has 3 rings (SSSR count). The number of thiophene rings is 1. The Morgan fingerprint density at radius 1 is 1.31 bits per heavy atom. The van der Waals surface area contributed by atoms with Crippen molar-refractivity contribution >= 4 is 33.1 Å². The average molecular weight is 232 g/mol. The third-order valence-corrected chi connectivity index (χ3v) is 3.46. The van der Waals surface area contributed by atoms with Gasteiger partial charge in [-0.1, -0.05) is 0 Å². The molecule has 0 saturated carbocycles. The first-order chi connectivity index (χ1) is 7.70. The standard InChI is InChI=1S/C11H8N2O2S/c1-7(14)13-10(15)8-3-2-5-12(8)9-4-6-16-11(9)13/h2-6H,1H3. The van der Waals surface area contributed by atoms with Gasteiger partial charge in [0.1, 0.15) is 10.3 Å². The number of hydrogen-bond acceptors (Lipinski definition) is 3. The maximum absolute atomic E-state index is 12.1. The lowest BCUT2D eigenvalue weighted by Gasteiger charge is -2.04. The summed E-state index contributed by atoms with van der Waals surface area (Å²) in [6, 6.07) is 5.43. The molecule has 0 bridgehead atoms. The van der Waals surface area contributed by atoms with Crippen molar-refractivity contribution in [2.24, 2.45) is 0 Å². The molecular formula is C11H8N2O2S. The van der Waals surface area contributed by atoms with E-state index in [4.69, 9.17) is 0 Å². The first kappa shape index (κ1) is 9.35. The van der Waals surface area contributed by atoms with Gasteiger partial charge in [-0.25, -0.2) is 4.57 Å². The first-order valence-electron chi connectivity index (χ1n) is 4.80. The van der Waals surface area contributed by atoms with Gasteiger partial charge in [-0.2, -0.15) is 0 Å². The molecule has 0 fully saturated rings. The van der Waals surface area contributed by atoms with E-state index in [-0.39, 0.29) is 11.5 Å². The van der Waals surface area contributed by atoms with Crippen LogP contribution in [0.2, 0.25) is 0 Å². The van der Waals surface area contributed by atoms with Crippen molar-refractivity contribution in [3.05, 3.63) is 40.1 Å². The predicted molar refractivity (Wildman–Crippen MR) is 63.3 cm³/mol. The molecule has 80 valence electrons. The maximum Gasteiger partial charge on any atom is 0.282 e. The van der Waals surface area contributed by atoms with Gasteiger partial charge in [0.25, 0.3) is 5.56 Å². The van der Waals surface area contributed by atoms with E-state index in [0.29, 0.717) is 10.3 Å². The largest absolute Gasteiger partial charge is 0.310 e. The molecule has 0 amide bonds. The number of carbonyl (C=O) groups excluding carboxylic acids is 1. The molecule has 3 aromatic heterocycles. The van der Waals surface area contributed by atoms with Gasteiger partial charge >= 0.3 is 0 Å². The highest BCUT2D eigenvalue weighted by molar-refractivity contribution is 7.16. The lowest BCUT2D eigenvalue weighted by atomic mass is 10.4. The van der Waals surface area contributed by atoms with E-state index in [2.05, 4.69) is 0 Å². The molecule has 0 aromatic carbocycles. The number of hydrogen-bond donors (Lipinski definition) is 0. The van der Waals surface area contributed by atoms with Crippen LogP contribution in [0.4, 0.5) is 0 Å². The minimum Gasteiger partial charge on any atom is -0.310 e. The minimum absolute atomic E-state index is 0.249.